The van der Waals surface area contributed by atoms with Crippen LogP contribution in [-0.4, -0.2) is 20.2 Å². The molecule has 0 N–H and O–H groups in total. The normalized spacial score (nSPS) is 11.3. The molecule has 0 aromatic heterocycles. The lowest BCUT2D eigenvalue weighted by Crippen LogP contribution is -2.38. The second-order valence-electron chi connectivity index (χ2n) is 2.85. The van der Waals surface area contributed by atoms with Gasteiger partial charge < -0.3 is 4.43 Å². The van der Waals surface area contributed by atoms with Crippen LogP contribution in [0.5, 0.6) is 0 Å². The molecule has 0 saturated heterocycles. The summed E-state index contributed by atoms with van der Waals surface area (Å²) in [7, 11) is -1.74. The molecule has 0 saturated carbocycles. The van der Waals surface area contributed by atoms with E-state index in [2.05, 4.69) is 20.8 Å². The first-order valence-electron chi connectivity index (χ1n) is 4.42. The summed E-state index contributed by atoms with van der Waals surface area (Å²) < 4.78 is 5.40. The molecule has 0 bridgehead atoms. The Morgan fingerprint density at radius 3 is 1.92 bits per heavy atom. The topological polar surface area (TPSA) is 26.3 Å². The van der Waals surface area contributed by atoms with Crippen molar-refractivity contribution in [3.05, 3.63) is 0 Å². The van der Waals surface area contributed by atoms with E-state index in [-0.39, 0.29) is 11.8 Å². The Kier molecular flexibility index (Phi) is 5.58. The van der Waals surface area contributed by atoms with Crippen LogP contribution in [0.15, 0.2) is 0 Å². The zero-order valence-corrected chi connectivity index (χ0v) is 9.78. The fraction of sp³-hybridized carbons (Fsp3) is 0.875. The molecule has 0 aliphatic heterocycles. The van der Waals surface area contributed by atoms with Crippen LogP contribution in [0, 0.1) is 0 Å². The van der Waals surface area contributed by atoms with Gasteiger partial charge in [0, 0.05) is 0 Å². The molecule has 0 radical (unpaired) electrons. The summed E-state index contributed by atoms with van der Waals surface area (Å²) in [5.74, 6) is -0.275. The molecule has 12 heavy (non-hydrogen) atoms. The van der Waals surface area contributed by atoms with E-state index in [0.717, 1.165) is 18.1 Å². The van der Waals surface area contributed by atoms with Crippen molar-refractivity contribution in [1.29, 1.82) is 0 Å². The van der Waals surface area contributed by atoms with Gasteiger partial charge >= 0.3 is 5.97 Å². The Bertz CT molecular complexity index is 138. The van der Waals surface area contributed by atoms with E-state index >= 15 is 0 Å². The van der Waals surface area contributed by atoms with Crippen LogP contribution in [0.4, 0.5) is 0 Å². The zero-order valence-electron chi connectivity index (χ0n) is 8.02. The number of rotatable bonds is 5. The van der Waals surface area contributed by atoms with Crippen molar-refractivity contribution in [2.24, 2.45) is 0 Å². The Labute approximate surface area is 80.4 Å². The highest BCUT2D eigenvalue weighted by molar-refractivity contribution is 6.75. The first-order chi connectivity index (χ1) is 5.64. The highest BCUT2D eigenvalue weighted by Crippen LogP contribution is 2.21. The van der Waals surface area contributed by atoms with E-state index in [1.54, 1.807) is 0 Å². The second-order valence-corrected chi connectivity index (χ2v) is 7.81. The molecule has 0 aromatic rings. The van der Waals surface area contributed by atoms with Crippen LogP contribution in [-0.2, 0) is 9.22 Å². The molecule has 0 aromatic carbocycles. The third-order valence-corrected chi connectivity index (χ3v) is 7.12. The van der Waals surface area contributed by atoms with E-state index in [0.29, 0.717) is 0 Å². The first kappa shape index (κ1) is 12.0. The molecule has 0 aliphatic carbocycles. The number of carbonyl (C=O) groups is 1. The van der Waals surface area contributed by atoms with Crippen molar-refractivity contribution in [3.8, 4) is 0 Å². The quantitative estimate of drug-likeness (QED) is 0.513. The van der Waals surface area contributed by atoms with Crippen molar-refractivity contribution in [2.45, 2.75) is 38.9 Å². The van der Waals surface area contributed by atoms with Gasteiger partial charge in [-0.2, -0.15) is 0 Å². The van der Waals surface area contributed by atoms with Crippen LogP contribution in [0.3, 0.4) is 0 Å². The van der Waals surface area contributed by atoms with Gasteiger partial charge in [0.15, 0.2) is 0 Å². The lowest BCUT2D eigenvalue weighted by molar-refractivity contribution is -0.132. The lowest BCUT2D eigenvalue weighted by Gasteiger charge is -2.26. The largest absolute Gasteiger partial charge is 0.518 e. The average Bonchev–Trinajstić information content (AvgIpc) is 2.14. The van der Waals surface area contributed by atoms with Crippen molar-refractivity contribution < 1.29 is 9.22 Å². The summed E-state index contributed by atoms with van der Waals surface area (Å²) in [6, 6.07) is 2.97. The molecule has 0 spiro atoms. The Balaban J connectivity index is 4.19. The maximum atomic E-state index is 11.0. The van der Waals surface area contributed by atoms with Gasteiger partial charge in [-0.15, -0.1) is 11.6 Å². The van der Waals surface area contributed by atoms with Gasteiger partial charge in [-0.3, -0.25) is 4.79 Å². The number of halogens is 1. The summed E-state index contributed by atoms with van der Waals surface area (Å²) >= 11 is 5.38. The average molecular weight is 209 g/mol. The van der Waals surface area contributed by atoms with Crippen molar-refractivity contribution in [1.82, 2.24) is 0 Å². The van der Waals surface area contributed by atoms with Crippen LogP contribution < -0.4 is 0 Å². The summed E-state index contributed by atoms with van der Waals surface area (Å²) in [5.41, 5.74) is 0. The molecule has 0 fully saturated rings. The van der Waals surface area contributed by atoms with Gasteiger partial charge in [0.1, 0.15) is 5.88 Å². The van der Waals surface area contributed by atoms with E-state index in [4.69, 9.17) is 16.0 Å². The summed E-state index contributed by atoms with van der Waals surface area (Å²) in [6.45, 7) is 6.25. The molecule has 0 aliphatic rings. The minimum atomic E-state index is -1.74. The van der Waals surface area contributed by atoms with Gasteiger partial charge in [0.2, 0.25) is 0 Å². The molecule has 72 valence electrons. The third kappa shape index (κ3) is 3.15. The van der Waals surface area contributed by atoms with E-state index in [9.17, 15) is 4.79 Å². The molecule has 0 heterocycles. The molecule has 0 rings (SSSR count). The molecule has 0 amide bonds. The maximum Gasteiger partial charge on any atom is 0.307 e. The minimum Gasteiger partial charge on any atom is -0.518 e. The van der Waals surface area contributed by atoms with Crippen LogP contribution in [0.1, 0.15) is 20.8 Å². The molecular formula is C8H17ClO2Si. The van der Waals surface area contributed by atoms with Gasteiger partial charge in [-0.1, -0.05) is 20.8 Å². The maximum absolute atomic E-state index is 11.0. The van der Waals surface area contributed by atoms with E-state index < -0.39 is 8.32 Å². The third-order valence-electron chi connectivity index (χ3n) is 2.37. The molecule has 4 heteroatoms. The summed E-state index contributed by atoms with van der Waals surface area (Å²) in [4.78, 5) is 11.0. The molecule has 0 unspecified atom stereocenters. The molecular weight excluding hydrogens is 192 g/mol. The number of alkyl halides is 1. The highest BCUT2D eigenvalue weighted by atomic mass is 35.5. The SMILES string of the molecule is CC[Si](CC)(CC)OC(=O)CCl. The number of hydrogen-bond acceptors (Lipinski definition) is 2. The summed E-state index contributed by atoms with van der Waals surface area (Å²) in [6.07, 6.45) is 0. The van der Waals surface area contributed by atoms with Gasteiger partial charge in [0.25, 0.3) is 8.32 Å². The summed E-state index contributed by atoms with van der Waals surface area (Å²) in [5, 5.41) is 0. The second kappa shape index (κ2) is 5.59. The van der Waals surface area contributed by atoms with Crippen molar-refractivity contribution in [3.63, 3.8) is 0 Å². The standard InChI is InChI=1S/C8H17ClO2Si/c1-4-12(5-2,6-3)11-8(10)7-9/h4-7H2,1-3H3. The van der Waals surface area contributed by atoms with Crippen molar-refractivity contribution >= 4 is 25.9 Å². The molecule has 2 nitrogen and oxygen atoms in total. The Morgan fingerprint density at radius 1 is 1.25 bits per heavy atom. The van der Waals surface area contributed by atoms with E-state index in [1.165, 1.54) is 0 Å². The fourth-order valence-corrected chi connectivity index (χ4v) is 3.87. The fourth-order valence-electron chi connectivity index (χ4n) is 1.24. The van der Waals surface area contributed by atoms with Crippen molar-refractivity contribution in [2.75, 3.05) is 5.88 Å². The van der Waals surface area contributed by atoms with E-state index in [1.807, 2.05) is 0 Å². The predicted molar refractivity (Wildman–Crippen MR) is 54.0 cm³/mol. The number of carbonyl (C=O) groups excluding carboxylic acids is 1. The predicted octanol–water partition coefficient (Wildman–Crippen LogP) is 2.77. The molecule has 0 atom stereocenters. The lowest BCUT2D eigenvalue weighted by atomic mass is 10.8. The Hall–Kier alpha value is -0.0231. The smallest absolute Gasteiger partial charge is 0.307 e. The van der Waals surface area contributed by atoms with Crippen LogP contribution >= 0.6 is 11.6 Å². The van der Waals surface area contributed by atoms with Crippen LogP contribution in [0.25, 0.3) is 0 Å². The van der Waals surface area contributed by atoms with Crippen LogP contribution in [0.2, 0.25) is 18.1 Å². The van der Waals surface area contributed by atoms with Gasteiger partial charge in [-0.05, 0) is 18.1 Å². The van der Waals surface area contributed by atoms with Gasteiger partial charge in [-0.25, -0.2) is 0 Å². The number of hydrogen-bond donors (Lipinski definition) is 0. The van der Waals surface area contributed by atoms with Gasteiger partial charge in [0.05, 0.1) is 0 Å². The first-order valence-corrected chi connectivity index (χ1v) is 7.48. The highest BCUT2D eigenvalue weighted by Gasteiger charge is 2.32. The Morgan fingerprint density at radius 2 is 1.67 bits per heavy atom. The zero-order chi connectivity index (χ0) is 9.61. The minimum absolute atomic E-state index is 0.0191. The monoisotopic (exact) mass is 208 g/mol.